The highest BCUT2D eigenvalue weighted by Crippen LogP contribution is 2.15. The quantitative estimate of drug-likeness (QED) is 0.701. The molecular formula is C11H18N2O4. The average Bonchev–Trinajstić information content (AvgIpc) is 2.63. The molecule has 1 fully saturated rings. The van der Waals surface area contributed by atoms with Crippen LogP contribution in [-0.2, 0) is 14.4 Å². The SMILES string of the molecule is CC(C)N(CCC(=O)O)C(=O)C1CNC(=O)C1. The number of hydrogen-bond acceptors (Lipinski definition) is 3. The van der Waals surface area contributed by atoms with E-state index in [1.807, 2.05) is 13.8 Å². The Bertz CT molecular complexity index is 327. The summed E-state index contributed by atoms with van der Waals surface area (Å²) in [6.45, 7) is 4.22. The van der Waals surface area contributed by atoms with Crippen LogP contribution < -0.4 is 5.32 Å². The summed E-state index contributed by atoms with van der Waals surface area (Å²) < 4.78 is 0. The third-order valence-electron chi connectivity index (χ3n) is 2.80. The molecule has 1 aliphatic heterocycles. The second-order valence-electron chi connectivity index (χ2n) is 4.47. The van der Waals surface area contributed by atoms with Crippen LogP contribution in [0.5, 0.6) is 0 Å². The van der Waals surface area contributed by atoms with Crippen LogP contribution in [0.25, 0.3) is 0 Å². The molecule has 0 aromatic rings. The topological polar surface area (TPSA) is 86.7 Å². The van der Waals surface area contributed by atoms with Gasteiger partial charge in [-0.15, -0.1) is 0 Å². The third kappa shape index (κ3) is 3.72. The lowest BCUT2D eigenvalue weighted by Gasteiger charge is -2.28. The molecule has 0 bridgehead atoms. The lowest BCUT2D eigenvalue weighted by Crippen LogP contribution is -2.42. The van der Waals surface area contributed by atoms with Crippen molar-refractivity contribution in [1.29, 1.82) is 0 Å². The molecule has 0 aliphatic carbocycles. The summed E-state index contributed by atoms with van der Waals surface area (Å²) in [4.78, 5) is 35.2. The van der Waals surface area contributed by atoms with E-state index in [0.29, 0.717) is 6.54 Å². The summed E-state index contributed by atoms with van der Waals surface area (Å²) in [5, 5.41) is 11.2. The van der Waals surface area contributed by atoms with E-state index in [9.17, 15) is 14.4 Å². The van der Waals surface area contributed by atoms with Crippen LogP contribution in [0, 0.1) is 5.92 Å². The molecule has 6 nitrogen and oxygen atoms in total. The summed E-state index contributed by atoms with van der Waals surface area (Å²) in [6, 6.07) is -0.0578. The zero-order valence-corrected chi connectivity index (χ0v) is 10.1. The lowest BCUT2D eigenvalue weighted by atomic mass is 10.1. The molecule has 0 radical (unpaired) electrons. The minimum atomic E-state index is -0.927. The van der Waals surface area contributed by atoms with Crippen LogP contribution in [0.3, 0.4) is 0 Å². The molecule has 6 heteroatoms. The summed E-state index contributed by atoms with van der Waals surface area (Å²) in [7, 11) is 0. The van der Waals surface area contributed by atoms with Crippen LogP contribution in [0.4, 0.5) is 0 Å². The first-order chi connectivity index (χ1) is 7.91. The van der Waals surface area contributed by atoms with Gasteiger partial charge in [0.15, 0.2) is 0 Å². The first-order valence-electron chi connectivity index (χ1n) is 5.70. The van der Waals surface area contributed by atoms with Crippen molar-refractivity contribution >= 4 is 17.8 Å². The van der Waals surface area contributed by atoms with Crippen molar-refractivity contribution in [2.45, 2.75) is 32.7 Å². The van der Waals surface area contributed by atoms with E-state index in [1.54, 1.807) is 0 Å². The molecule has 1 heterocycles. The predicted octanol–water partition coefficient (Wildman–Crippen LogP) is -0.166. The number of carboxylic acids is 1. The van der Waals surface area contributed by atoms with Gasteiger partial charge in [-0.1, -0.05) is 0 Å². The van der Waals surface area contributed by atoms with E-state index in [0.717, 1.165) is 0 Å². The third-order valence-corrected chi connectivity index (χ3v) is 2.80. The Kier molecular flexibility index (Phi) is 4.48. The largest absolute Gasteiger partial charge is 0.481 e. The van der Waals surface area contributed by atoms with E-state index in [2.05, 4.69) is 5.32 Å². The standard InChI is InChI=1S/C11H18N2O4/c1-7(2)13(4-3-10(15)16)11(17)8-5-9(14)12-6-8/h7-8H,3-6H2,1-2H3,(H,12,14)(H,15,16). The molecule has 0 spiro atoms. The molecule has 1 rings (SSSR count). The molecule has 1 aliphatic rings. The summed E-state index contributed by atoms with van der Waals surface area (Å²) in [5.74, 6) is -1.53. The molecule has 17 heavy (non-hydrogen) atoms. The number of rotatable bonds is 5. The number of amides is 2. The monoisotopic (exact) mass is 242 g/mol. The molecule has 1 saturated heterocycles. The van der Waals surface area contributed by atoms with Gasteiger partial charge in [0.2, 0.25) is 11.8 Å². The summed E-state index contributed by atoms with van der Waals surface area (Å²) >= 11 is 0. The molecule has 1 unspecified atom stereocenters. The number of carbonyl (C=O) groups is 3. The van der Waals surface area contributed by atoms with Crippen LogP contribution in [0.15, 0.2) is 0 Å². The van der Waals surface area contributed by atoms with E-state index >= 15 is 0 Å². The maximum absolute atomic E-state index is 12.1. The lowest BCUT2D eigenvalue weighted by molar-refractivity contribution is -0.141. The van der Waals surface area contributed by atoms with E-state index in [-0.39, 0.29) is 43.2 Å². The second-order valence-corrected chi connectivity index (χ2v) is 4.47. The first kappa shape index (κ1) is 13.5. The van der Waals surface area contributed by atoms with Gasteiger partial charge in [0.1, 0.15) is 0 Å². The molecule has 1 atom stereocenters. The number of nitrogens with one attached hydrogen (secondary N) is 1. The smallest absolute Gasteiger partial charge is 0.305 e. The Balaban J connectivity index is 2.60. The van der Waals surface area contributed by atoms with Crippen molar-refractivity contribution in [3.8, 4) is 0 Å². The fraction of sp³-hybridized carbons (Fsp3) is 0.727. The first-order valence-corrected chi connectivity index (χ1v) is 5.70. The zero-order valence-electron chi connectivity index (χ0n) is 10.1. The molecular weight excluding hydrogens is 224 g/mol. The van der Waals surface area contributed by atoms with Crippen molar-refractivity contribution < 1.29 is 19.5 Å². The zero-order chi connectivity index (χ0) is 13.0. The molecule has 2 N–H and O–H groups in total. The Morgan fingerprint density at radius 3 is 2.59 bits per heavy atom. The summed E-state index contributed by atoms with van der Waals surface area (Å²) in [5.41, 5.74) is 0. The Morgan fingerprint density at radius 1 is 1.53 bits per heavy atom. The van der Waals surface area contributed by atoms with Crippen molar-refractivity contribution in [1.82, 2.24) is 10.2 Å². The van der Waals surface area contributed by atoms with Crippen LogP contribution >= 0.6 is 0 Å². The average molecular weight is 242 g/mol. The van der Waals surface area contributed by atoms with Crippen LogP contribution in [-0.4, -0.2) is 46.9 Å². The van der Waals surface area contributed by atoms with E-state index in [1.165, 1.54) is 4.90 Å². The number of hydrogen-bond donors (Lipinski definition) is 2. The van der Waals surface area contributed by atoms with Crippen LogP contribution in [0.1, 0.15) is 26.7 Å². The van der Waals surface area contributed by atoms with Gasteiger partial charge in [0.25, 0.3) is 0 Å². The van der Waals surface area contributed by atoms with Crippen molar-refractivity contribution in [3.05, 3.63) is 0 Å². The molecule has 0 saturated carbocycles. The summed E-state index contributed by atoms with van der Waals surface area (Å²) in [6.07, 6.45) is 0.132. The fourth-order valence-corrected chi connectivity index (χ4v) is 1.85. The Morgan fingerprint density at radius 2 is 2.18 bits per heavy atom. The Hall–Kier alpha value is -1.59. The molecule has 2 amide bonds. The van der Waals surface area contributed by atoms with E-state index in [4.69, 9.17) is 5.11 Å². The molecule has 0 aromatic carbocycles. The highest BCUT2D eigenvalue weighted by Gasteiger charge is 2.32. The fourth-order valence-electron chi connectivity index (χ4n) is 1.85. The Labute approximate surface area is 100.0 Å². The maximum Gasteiger partial charge on any atom is 0.305 e. The highest BCUT2D eigenvalue weighted by molar-refractivity contribution is 5.89. The van der Waals surface area contributed by atoms with Gasteiger partial charge in [-0.05, 0) is 13.8 Å². The normalized spacial score (nSPS) is 19.2. The van der Waals surface area contributed by atoms with Crippen molar-refractivity contribution in [2.75, 3.05) is 13.1 Å². The minimum Gasteiger partial charge on any atom is -0.481 e. The minimum absolute atomic E-state index is 0.0578. The van der Waals surface area contributed by atoms with Gasteiger partial charge >= 0.3 is 5.97 Å². The highest BCUT2D eigenvalue weighted by atomic mass is 16.4. The maximum atomic E-state index is 12.1. The number of aliphatic carboxylic acids is 1. The van der Waals surface area contributed by atoms with E-state index < -0.39 is 5.97 Å². The molecule has 96 valence electrons. The van der Waals surface area contributed by atoms with Gasteiger partial charge < -0.3 is 15.3 Å². The van der Waals surface area contributed by atoms with Gasteiger partial charge in [0.05, 0.1) is 12.3 Å². The van der Waals surface area contributed by atoms with Crippen LogP contribution in [0.2, 0.25) is 0 Å². The second kappa shape index (κ2) is 5.65. The van der Waals surface area contributed by atoms with Gasteiger partial charge in [0, 0.05) is 25.6 Å². The number of nitrogens with zero attached hydrogens (tertiary/aromatic N) is 1. The van der Waals surface area contributed by atoms with Gasteiger partial charge in [-0.3, -0.25) is 14.4 Å². The predicted molar refractivity (Wildman–Crippen MR) is 60.2 cm³/mol. The molecule has 0 aromatic heterocycles. The van der Waals surface area contributed by atoms with Crippen molar-refractivity contribution in [3.63, 3.8) is 0 Å². The van der Waals surface area contributed by atoms with Crippen molar-refractivity contribution in [2.24, 2.45) is 5.92 Å². The number of carboxylic acid groups (broad SMARTS) is 1. The number of carbonyl (C=O) groups excluding carboxylic acids is 2. The van der Waals surface area contributed by atoms with Gasteiger partial charge in [-0.25, -0.2) is 0 Å². The van der Waals surface area contributed by atoms with Gasteiger partial charge in [-0.2, -0.15) is 0 Å².